The molecule has 0 unspecified atom stereocenters. The van der Waals surface area contributed by atoms with Crippen molar-refractivity contribution in [1.29, 1.82) is 0 Å². The zero-order chi connectivity index (χ0) is 28.2. The molecule has 3 aromatic rings. The molecule has 0 spiro atoms. The number of nitrogens with zero attached hydrogens (tertiary/aromatic N) is 5. The second kappa shape index (κ2) is 10.3. The fraction of sp³-hybridized carbons (Fsp3) is 0.500. The summed E-state index contributed by atoms with van der Waals surface area (Å²) in [6, 6.07) is 6.25. The van der Waals surface area contributed by atoms with Crippen LogP contribution in [0.25, 0.3) is 11.3 Å². The van der Waals surface area contributed by atoms with Gasteiger partial charge in [0.1, 0.15) is 18.1 Å². The summed E-state index contributed by atoms with van der Waals surface area (Å²) in [6.45, 7) is 4.87. The topological polar surface area (TPSA) is 54.4 Å². The van der Waals surface area contributed by atoms with Crippen LogP contribution in [0.1, 0.15) is 74.1 Å². The van der Waals surface area contributed by atoms with Crippen molar-refractivity contribution in [2.45, 2.75) is 69.9 Å². The van der Waals surface area contributed by atoms with Gasteiger partial charge in [0.2, 0.25) is 0 Å². The zero-order valence-corrected chi connectivity index (χ0v) is 22.9. The minimum atomic E-state index is -3.54. The first kappa shape index (κ1) is 26.9. The molecule has 4 heterocycles. The average Bonchev–Trinajstić information content (AvgIpc) is 3.76. The number of rotatable bonds is 6. The highest BCUT2D eigenvalue weighted by molar-refractivity contribution is 5.72. The van der Waals surface area contributed by atoms with Crippen LogP contribution in [0.5, 0.6) is 5.75 Å². The lowest BCUT2D eigenvalue weighted by Gasteiger charge is -2.38. The molecule has 3 aliphatic rings. The maximum Gasteiger partial charge on any atom is 0.416 e. The molecule has 2 aliphatic heterocycles. The molecule has 0 atom stereocenters. The fourth-order valence-electron chi connectivity index (χ4n) is 5.78. The van der Waals surface area contributed by atoms with Crippen molar-refractivity contribution in [2.75, 3.05) is 31.6 Å². The number of ether oxygens (including phenoxy) is 1. The lowest BCUT2D eigenvalue weighted by atomic mass is 9.87. The van der Waals surface area contributed by atoms with E-state index in [0.717, 1.165) is 62.4 Å². The minimum absolute atomic E-state index is 0.0990. The third-order valence-corrected chi connectivity index (χ3v) is 8.11. The van der Waals surface area contributed by atoms with Crippen molar-refractivity contribution in [2.24, 2.45) is 0 Å². The van der Waals surface area contributed by atoms with E-state index in [-0.39, 0.29) is 23.0 Å². The molecular weight excluding hydrogens is 522 g/mol. The Bertz CT molecular complexity index is 1420. The van der Waals surface area contributed by atoms with Crippen molar-refractivity contribution in [3.05, 3.63) is 64.9 Å². The largest absolute Gasteiger partial charge is 0.426 e. The number of alkyl halides is 2. The van der Waals surface area contributed by atoms with Gasteiger partial charge in [0.15, 0.2) is 17.4 Å². The highest BCUT2D eigenvalue weighted by atomic mass is 19.3. The molecule has 40 heavy (non-hydrogen) atoms. The summed E-state index contributed by atoms with van der Waals surface area (Å²) in [4.78, 5) is 17.3. The van der Waals surface area contributed by atoms with E-state index >= 15 is 4.39 Å². The van der Waals surface area contributed by atoms with Gasteiger partial charge in [0.25, 0.3) is 0 Å². The number of pyridine rings is 1. The molecule has 2 aromatic heterocycles. The fourth-order valence-corrected chi connectivity index (χ4v) is 5.78. The molecule has 0 amide bonds. The van der Waals surface area contributed by atoms with Crippen LogP contribution in [-0.2, 0) is 6.42 Å². The van der Waals surface area contributed by atoms with Crippen LogP contribution in [0.2, 0.25) is 0 Å². The Balaban J connectivity index is 1.30. The first-order chi connectivity index (χ1) is 19.1. The molecule has 0 radical (unpaired) electrons. The second-order valence-corrected chi connectivity index (χ2v) is 11.6. The number of piperidine rings is 1. The van der Waals surface area contributed by atoms with Gasteiger partial charge in [0.05, 0.1) is 18.3 Å². The number of fused-ring (bicyclic) bond motifs is 1. The predicted molar refractivity (Wildman–Crippen MR) is 144 cm³/mol. The molecule has 0 bridgehead atoms. The molecule has 1 aliphatic carbocycles. The number of halogens is 4. The van der Waals surface area contributed by atoms with Crippen molar-refractivity contribution in [3.8, 4) is 17.0 Å². The number of benzene rings is 1. The molecule has 6 nitrogen and oxygen atoms in total. The molecule has 1 saturated heterocycles. The Labute approximate surface area is 231 Å². The van der Waals surface area contributed by atoms with Gasteiger partial charge < -0.3 is 14.5 Å². The van der Waals surface area contributed by atoms with Gasteiger partial charge in [-0.15, -0.1) is 0 Å². The van der Waals surface area contributed by atoms with Crippen LogP contribution in [0, 0.1) is 11.6 Å². The molecule has 212 valence electrons. The lowest BCUT2D eigenvalue weighted by Crippen LogP contribution is -2.48. The number of hydrogen-bond acceptors (Lipinski definition) is 6. The Kier molecular flexibility index (Phi) is 6.92. The van der Waals surface area contributed by atoms with Crippen LogP contribution in [0.4, 0.5) is 23.2 Å². The van der Waals surface area contributed by atoms with Crippen LogP contribution in [0.15, 0.2) is 30.5 Å². The third kappa shape index (κ3) is 5.38. The number of likely N-dealkylation sites (tertiary alicyclic amines) is 1. The van der Waals surface area contributed by atoms with Crippen LogP contribution < -0.4 is 9.64 Å². The lowest BCUT2D eigenvalue weighted by molar-refractivity contribution is -0.174. The van der Waals surface area contributed by atoms with Gasteiger partial charge in [-0.2, -0.15) is 8.78 Å². The molecule has 1 aromatic carbocycles. The maximum absolute atomic E-state index is 15.1. The zero-order valence-electron chi connectivity index (χ0n) is 22.9. The summed E-state index contributed by atoms with van der Waals surface area (Å²) in [7, 11) is 2.15. The van der Waals surface area contributed by atoms with E-state index in [4.69, 9.17) is 4.98 Å². The average molecular weight is 556 g/mol. The van der Waals surface area contributed by atoms with E-state index in [9.17, 15) is 13.2 Å². The van der Waals surface area contributed by atoms with Crippen molar-refractivity contribution >= 4 is 5.69 Å². The molecule has 2 fully saturated rings. The first-order valence-corrected chi connectivity index (χ1v) is 13.9. The first-order valence-electron chi connectivity index (χ1n) is 13.9. The van der Waals surface area contributed by atoms with Crippen LogP contribution in [0.3, 0.4) is 0 Å². The van der Waals surface area contributed by atoms with E-state index in [1.54, 1.807) is 13.8 Å². The normalized spacial score (nSPS) is 19.6. The van der Waals surface area contributed by atoms with E-state index in [2.05, 4.69) is 32.7 Å². The number of hydrogen-bond donors (Lipinski definition) is 0. The molecule has 10 heteroatoms. The van der Waals surface area contributed by atoms with Gasteiger partial charge >= 0.3 is 6.11 Å². The minimum Gasteiger partial charge on any atom is -0.426 e. The molecule has 0 N–H and O–H groups in total. The summed E-state index contributed by atoms with van der Waals surface area (Å²) in [6.07, 6.45) is 2.34. The van der Waals surface area contributed by atoms with Crippen LogP contribution >= 0.6 is 0 Å². The highest BCUT2D eigenvalue weighted by Crippen LogP contribution is 2.45. The Morgan fingerprint density at radius 3 is 2.45 bits per heavy atom. The van der Waals surface area contributed by atoms with Gasteiger partial charge in [-0.1, -0.05) is 6.07 Å². The van der Waals surface area contributed by atoms with Crippen molar-refractivity contribution in [1.82, 2.24) is 19.9 Å². The van der Waals surface area contributed by atoms with E-state index in [1.165, 1.54) is 16.5 Å². The third-order valence-electron chi connectivity index (χ3n) is 8.11. The van der Waals surface area contributed by atoms with Gasteiger partial charge in [0, 0.05) is 28.9 Å². The second-order valence-electron chi connectivity index (χ2n) is 11.6. The number of anilines is 1. The van der Waals surface area contributed by atoms with Gasteiger partial charge in [-0.05, 0) is 89.3 Å². The Morgan fingerprint density at radius 1 is 1.00 bits per heavy atom. The Hall–Kier alpha value is -3.27. The maximum atomic E-state index is 15.1. The standard InChI is InChI=1S/C30H33F4N5O/c1-17(2)39-16-30(33,34)40-29-23(31)12-20(13-25(29)39)28-24(32)15-35-26(37-28)14-21-6-7-22(27(36-21)19-4-5-19)18-8-10-38(3)11-9-18/h6-7,12-13,15,17-19H,4-5,8-11,14,16H2,1-3H3. The smallest absolute Gasteiger partial charge is 0.416 e. The predicted octanol–water partition coefficient (Wildman–Crippen LogP) is 6.29. The summed E-state index contributed by atoms with van der Waals surface area (Å²) in [5.74, 6) is -0.946. The van der Waals surface area contributed by atoms with Crippen molar-refractivity contribution in [3.63, 3.8) is 0 Å². The monoisotopic (exact) mass is 555 g/mol. The van der Waals surface area contributed by atoms with E-state index < -0.39 is 30.0 Å². The van der Waals surface area contributed by atoms with E-state index in [1.807, 2.05) is 6.07 Å². The highest BCUT2D eigenvalue weighted by Gasteiger charge is 2.43. The molecular formula is C30H33F4N5O. The SMILES string of the molecule is CC(C)N1CC(F)(F)Oc2c(F)cc(-c3nc(Cc4ccc(C5CCN(C)CC5)c(C5CC5)n4)ncc3F)cc21. The van der Waals surface area contributed by atoms with Crippen LogP contribution in [-0.4, -0.2) is 58.7 Å². The van der Waals surface area contributed by atoms with E-state index in [0.29, 0.717) is 24.1 Å². The summed E-state index contributed by atoms with van der Waals surface area (Å²) >= 11 is 0. The molecule has 1 saturated carbocycles. The van der Waals surface area contributed by atoms with Gasteiger partial charge in [-0.25, -0.2) is 18.7 Å². The summed E-state index contributed by atoms with van der Waals surface area (Å²) < 4.78 is 62.9. The summed E-state index contributed by atoms with van der Waals surface area (Å²) in [5.41, 5.74) is 3.47. The van der Waals surface area contributed by atoms with Crippen molar-refractivity contribution < 1.29 is 22.3 Å². The number of aromatic nitrogens is 3. The quantitative estimate of drug-likeness (QED) is 0.333. The Morgan fingerprint density at radius 2 is 1.75 bits per heavy atom. The summed E-state index contributed by atoms with van der Waals surface area (Å²) in [5, 5.41) is 0. The molecule has 6 rings (SSSR count). The van der Waals surface area contributed by atoms with Gasteiger partial charge in [-0.3, -0.25) is 4.98 Å².